The molecule has 3 aromatic carbocycles. The monoisotopic (exact) mass is 639 g/mol. The molecule has 1 aromatic heterocycles. The minimum absolute atomic E-state index is 0.0506. The number of carbonyl (C=O) groups excluding carboxylic acids is 2. The third-order valence-electron chi connectivity index (χ3n) is 6.14. The smallest absolute Gasteiger partial charge is 0.301 e. The summed E-state index contributed by atoms with van der Waals surface area (Å²) in [5, 5.41) is 19.9. The number of aromatic nitrogens is 2. The van der Waals surface area contributed by atoms with Crippen LogP contribution in [0.25, 0.3) is 5.76 Å². The number of rotatable bonds is 9. The number of thioether (sulfide) groups is 1. The summed E-state index contributed by atoms with van der Waals surface area (Å²) in [6, 6.07) is 19.4. The van der Waals surface area contributed by atoms with Crippen molar-refractivity contribution in [3.8, 4) is 5.75 Å². The predicted octanol–water partition coefficient (Wildman–Crippen LogP) is 7.15. The minimum Gasteiger partial charge on any atom is -0.507 e. The summed E-state index contributed by atoms with van der Waals surface area (Å²) in [5.41, 5.74) is 1.46. The number of Topliss-reactive ketones (excluding diaryl/α,β-unsaturated/α-hetero) is 1. The fourth-order valence-electron chi connectivity index (χ4n) is 4.19. The predicted molar refractivity (Wildman–Crippen MR) is 157 cm³/mol. The molecule has 1 saturated heterocycles. The highest BCUT2D eigenvalue weighted by Crippen LogP contribution is 2.44. The molecule has 7 nitrogen and oxygen atoms in total. The van der Waals surface area contributed by atoms with Crippen LogP contribution in [0.2, 0.25) is 0 Å². The average molecular weight is 641 g/mol. The van der Waals surface area contributed by atoms with Gasteiger partial charge in [-0.1, -0.05) is 76.3 Å². The summed E-state index contributed by atoms with van der Waals surface area (Å²) in [4.78, 5) is 28.0. The Hall–Kier alpha value is -3.54. The van der Waals surface area contributed by atoms with Crippen molar-refractivity contribution in [3.05, 3.63) is 105 Å². The number of aliphatic hydroxyl groups excluding tert-OH is 1. The van der Waals surface area contributed by atoms with Crippen LogP contribution in [0.5, 0.6) is 5.75 Å². The third kappa shape index (κ3) is 5.81. The van der Waals surface area contributed by atoms with E-state index in [1.54, 1.807) is 66.7 Å². The molecule has 2 heterocycles. The van der Waals surface area contributed by atoms with E-state index in [-0.39, 0.29) is 22.3 Å². The van der Waals surface area contributed by atoms with Gasteiger partial charge in [-0.15, -0.1) is 10.2 Å². The second-order valence-electron chi connectivity index (χ2n) is 8.82. The summed E-state index contributed by atoms with van der Waals surface area (Å²) in [6.07, 6.45) is 0.855. The lowest BCUT2D eigenvalue weighted by Crippen LogP contribution is -2.29. The van der Waals surface area contributed by atoms with Gasteiger partial charge in [0.05, 0.1) is 18.2 Å². The minimum atomic E-state index is -0.929. The summed E-state index contributed by atoms with van der Waals surface area (Å²) in [5.74, 6) is -1.29. The number of amides is 1. The number of nitrogens with zero attached hydrogens (tertiary/aromatic N) is 3. The van der Waals surface area contributed by atoms with E-state index in [1.165, 1.54) is 22.7 Å². The fraction of sp³-hybridized carbons (Fsp3) is 0.172. The summed E-state index contributed by atoms with van der Waals surface area (Å²) < 4.78 is 21.0. The van der Waals surface area contributed by atoms with Gasteiger partial charge in [-0.25, -0.2) is 4.39 Å². The van der Waals surface area contributed by atoms with Crippen molar-refractivity contribution in [3.63, 3.8) is 0 Å². The normalized spacial score (nSPS) is 16.5. The maximum Gasteiger partial charge on any atom is 0.301 e. The van der Waals surface area contributed by atoms with Crippen LogP contribution in [0.3, 0.4) is 0 Å². The largest absolute Gasteiger partial charge is 0.507 e. The second kappa shape index (κ2) is 12.3. The molecular formula is C29H23BrFN3O4S2. The molecule has 1 N–H and O–H groups in total. The number of ether oxygens (including phenoxy) is 1. The SMILES string of the molecule is CCCOc1ccc(/C(O)=C2/C(=O)C(=O)N(c3nnc(SCc4ccccc4F)s3)C2c2ccc(Br)cc2)cc1. The van der Waals surface area contributed by atoms with Crippen LogP contribution < -0.4 is 9.64 Å². The maximum absolute atomic E-state index is 14.1. The van der Waals surface area contributed by atoms with Gasteiger partial charge in [0.25, 0.3) is 5.78 Å². The van der Waals surface area contributed by atoms with E-state index in [9.17, 15) is 19.1 Å². The van der Waals surface area contributed by atoms with Gasteiger partial charge in [0.2, 0.25) is 5.13 Å². The molecule has 40 heavy (non-hydrogen) atoms. The zero-order valence-corrected chi connectivity index (χ0v) is 24.4. The number of aliphatic hydroxyl groups is 1. The van der Waals surface area contributed by atoms with Crippen molar-refractivity contribution in [2.45, 2.75) is 29.5 Å². The van der Waals surface area contributed by atoms with Gasteiger partial charge in [0.15, 0.2) is 4.34 Å². The van der Waals surface area contributed by atoms with E-state index in [1.807, 2.05) is 6.92 Å². The van der Waals surface area contributed by atoms with Gasteiger partial charge in [0.1, 0.15) is 17.3 Å². The lowest BCUT2D eigenvalue weighted by Gasteiger charge is -2.22. The van der Waals surface area contributed by atoms with Crippen molar-refractivity contribution in [2.24, 2.45) is 0 Å². The number of hydrogen-bond acceptors (Lipinski definition) is 8. The first-order chi connectivity index (χ1) is 19.4. The zero-order valence-electron chi connectivity index (χ0n) is 21.2. The quantitative estimate of drug-likeness (QED) is 0.0683. The Morgan fingerprint density at radius 3 is 2.50 bits per heavy atom. The number of benzene rings is 3. The molecule has 11 heteroatoms. The summed E-state index contributed by atoms with van der Waals surface area (Å²) in [7, 11) is 0. The fourth-order valence-corrected chi connectivity index (χ4v) is 6.31. The summed E-state index contributed by atoms with van der Waals surface area (Å²) >= 11 is 5.82. The van der Waals surface area contributed by atoms with Crippen molar-refractivity contribution < 1.29 is 23.8 Å². The zero-order chi connectivity index (χ0) is 28.2. The van der Waals surface area contributed by atoms with Gasteiger partial charge in [0, 0.05) is 15.8 Å². The average Bonchev–Trinajstić information content (AvgIpc) is 3.53. The molecule has 5 rings (SSSR count). The first-order valence-corrected chi connectivity index (χ1v) is 15.0. The lowest BCUT2D eigenvalue weighted by molar-refractivity contribution is -0.132. The van der Waals surface area contributed by atoms with Crippen LogP contribution in [-0.2, 0) is 15.3 Å². The van der Waals surface area contributed by atoms with Gasteiger partial charge in [-0.3, -0.25) is 14.5 Å². The van der Waals surface area contributed by atoms with Gasteiger partial charge in [-0.05, 0) is 60.0 Å². The van der Waals surface area contributed by atoms with Crippen LogP contribution in [0, 0.1) is 5.82 Å². The Bertz CT molecular complexity index is 1570. The molecule has 1 aliphatic rings. The van der Waals surface area contributed by atoms with Crippen molar-refractivity contribution in [1.82, 2.24) is 10.2 Å². The lowest BCUT2D eigenvalue weighted by atomic mass is 9.95. The van der Waals surface area contributed by atoms with Crippen molar-refractivity contribution in [2.75, 3.05) is 11.5 Å². The van der Waals surface area contributed by atoms with E-state index in [0.29, 0.717) is 39.1 Å². The molecule has 0 aliphatic carbocycles. The molecule has 0 bridgehead atoms. The highest BCUT2D eigenvalue weighted by Gasteiger charge is 2.48. The van der Waals surface area contributed by atoms with Gasteiger partial charge < -0.3 is 9.84 Å². The molecule has 1 amide bonds. The van der Waals surface area contributed by atoms with E-state index >= 15 is 0 Å². The highest BCUT2D eigenvalue weighted by atomic mass is 79.9. The van der Waals surface area contributed by atoms with Crippen LogP contribution in [0.4, 0.5) is 9.52 Å². The number of anilines is 1. The van der Waals surface area contributed by atoms with Crippen molar-refractivity contribution >= 4 is 61.6 Å². The highest BCUT2D eigenvalue weighted by molar-refractivity contribution is 9.10. The number of ketones is 1. The Morgan fingerprint density at radius 2 is 1.80 bits per heavy atom. The molecule has 204 valence electrons. The standard InChI is InChI=1S/C29H23BrFN3O4S2/c1-2-15-38-21-13-9-18(10-14-21)25(35)23-24(17-7-11-20(30)12-8-17)34(27(37)26(23)36)28-32-33-29(40-28)39-16-19-5-3-4-6-22(19)31/h3-14,24,35H,2,15-16H2,1H3/b25-23-. The molecule has 1 atom stereocenters. The molecule has 1 aliphatic heterocycles. The maximum atomic E-state index is 14.1. The van der Waals surface area contributed by atoms with Crippen molar-refractivity contribution in [1.29, 1.82) is 0 Å². The van der Waals surface area contributed by atoms with E-state index in [4.69, 9.17) is 4.74 Å². The number of carbonyl (C=O) groups is 2. The molecule has 4 aromatic rings. The van der Waals surface area contributed by atoms with Crippen LogP contribution in [-0.4, -0.2) is 33.6 Å². The first kappa shape index (κ1) is 28.0. The van der Waals surface area contributed by atoms with Gasteiger partial charge in [-0.2, -0.15) is 0 Å². The molecular weight excluding hydrogens is 617 g/mol. The molecule has 1 fully saturated rings. The Balaban J connectivity index is 1.51. The molecule has 0 spiro atoms. The molecule has 0 saturated carbocycles. The van der Waals surface area contributed by atoms with E-state index < -0.39 is 17.7 Å². The van der Waals surface area contributed by atoms with Crippen LogP contribution in [0.15, 0.2) is 87.2 Å². The van der Waals surface area contributed by atoms with Crippen LogP contribution in [0.1, 0.15) is 36.1 Å². The number of halogens is 2. The Labute approximate surface area is 246 Å². The van der Waals surface area contributed by atoms with Crippen LogP contribution >= 0.6 is 39.0 Å². The number of hydrogen-bond donors (Lipinski definition) is 1. The Morgan fingerprint density at radius 1 is 1.07 bits per heavy atom. The second-order valence-corrected chi connectivity index (χ2v) is 11.9. The molecule has 0 radical (unpaired) electrons. The topological polar surface area (TPSA) is 92.6 Å². The molecule has 1 unspecified atom stereocenters. The summed E-state index contributed by atoms with van der Waals surface area (Å²) in [6.45, 7) is 2.56. The van der Waals surface area contributed by atoms with E-state index in [2.05, 4.69) is 26.1 Å². The van der Waals surface area contributed by atoms with Gasteiger partial charge >= 0.3 is 5.91 Å². The Kier molecular flexibility index (Phi) is 8.63. The van der Waals surface area contributed by atoms with E-state index in [0.717, 1.165) is 22.2 Å². The first-order valence-electron chi connectivity index (χ1n) is 12.4. The third-order valence-corrected chi connectivity index (χ3v) is 8.77.